The molecule has 1 heterocycles. The summed E-state index contributed by atoms with van der Waals surface area (Å²) in [6.07, 6.45) is 7.95. The van der Waals surface area contributed by atoms with E-state index in [9.17, 15) is 9.59 Å². The third-order valence-corrected chi connectivity index (χ3v) is 4.45. The van der Waals surface area contributed by atoms with Crippen LogP contribution >= 0.6 is 0 Å². The molecule has 0 radical (unpaired) electrons. The summed E-state index contributed by atoms with van der Waals surface area (Å²) in [5.74, 6) is -0.115. The van der Waals surface area contributed by atoms with Crippen LogP contribution in [0.4, 0.5) is 4.79 Å². The van der Waals surface area contributed by atoms with E-state index in [1.807, 2.05) is 12.1 Å². The number of amides is 3. The maximum absolute atomic E-state index is 12.2. The van der Waals surface area contributed by atoms with Gasteiger partial charge in [-0.05, 0) is 36.8 Å². The van der Waals surface area contributed by atoms with Crippen LogP contribution in [0.1, 0.15) is 30.4 Å². The molecule has 1 aliphatic heterocycles. The summed E-state index contributed by atoms with van der Waals surface area (Å²) in [4.78, 5) is 25.9. The summed E-state index contributed by atoms with van der Waals surface area (Å²) in [6, 6.07) is 8.21. The molecule has 2 N–H and O–H groups in total. The Hall–Kier alpha value is -2.30. The van der Waals surface area contributed by atoms with Gasteiger partial charge in [-0.3, -0.25) is 4.79 Å². The number of hydrogen-bond acceptors (Lipinski definition) is 2. The number of nitrogens with zero attached hydrogens (tertiary/aromatic N) is 1. The highest BCUT2D eigenvalue weighted by atomic mass is 16.2. The van der Waals surface area contributed by atoms with Crippen molar-refractivity contribution in [2.24, 2.45) is 0 Å². The molecule has 23 heavy (non-hydrogen) atoms. The average Bonchev–Trinajstić information content (AvgIpc) is 2.60. The summed E-state index contributed by atoms with van der Waals surface area (Å²) < 4.78 is 0. The van der Waals surface area contributed by atoms with E-state index in [2.05, 4.69) is 34.9 Å². The Morgan fingerprint density at radius 1 is 1.17 bits per heavy atom. The molecular formula is C18H23N3O2. The fourth-order valence-corrected chi connectivity index (χ4v) is 3.14. The summed E-state index contributed by atoms with van der Waals surface area (Å²) in [5.41, 5.74) is 2.49. The molecule has 1 unspecified atom stereocenters. The average molecular weight is 313 g/mol. The standard InChI is InChI=1S/C18H23N3O2/c22-17(20-16-8-2-1-3-9-16)12-19-18(23)21-11-10-14-6-4-5-7-15(14)13-21/h1-2,4-7,16H,3,8-13H2,(H,19,23)(H,20,22). The fourth-order valence-electron chi connectivity index (χ4n) is 3.14. The molecule has 1 aromatic rings. The van der Waals surface area contributed by atoms with Gasteiger partial charge >= 0.3 is 6.03 Å². The first kappa shape index (κ1) is 15.6. The van der Waals surface area contributed by atoms with Crippen molar-refractivity contribution in [3.63, 3.8) is 0 Å². The second-order valence-electron chi connectivity index (χ2n) is 6.15. The first-order valence-electron chi connectivity index (χ1n) is 8.26. The summed E-state index contributed by atoms with van der Waals surface area (Å²) in [6.45, 7) is 1.34. The molecule has 0 fully saturated rings. The van der Waals surface area contributed by atoms with Gasteiger partial charge in [0, 0.05) is 19.1 Å². The van der Waals surface area contributed by atoms with Gasteiger partial charge in [-0.15, -0.1) is 0 Å². The highest BCUT2D eigenvalue weighted by molar-refractivity contribution is 5.84. The minimum absolute atomic E-state index is 0.0389. The van der Waals surface area contributed by atoms with E-state index in [1.54, 1.807) is 4.90 Å². The van der Waals surface area contributed by atoms with Crippen molar-refractivity contribution in [3.05, 3.63) is 47.5 Å². The molecule has 0 aromatic heterocycles. The minimum atomic E-state index is -0.168. The van der Waals surface area contributed by atoms with E-state index >= 15 is 0 Å². The van der Waals surface area contributed by atoms with Crippen LogP contribution in [0.5, 0.6) is 0 Å². The van der Waals surface area contributed by atoms with Crippen molar-refractivity contribution < 1.29 is 9.59 Å². The van der Waals surface area contributed by atoms with Crippen LogP contribution in [0.15, 0.2) is 36.4 Å². The molecule has 1 atom stereocenters. The summed E-state index contributed by atoms with van der Waals surface area (Å²) >= 11 is 0. The normalized spacial score (nSPS) is 19.8. The van der Waals surface area contributed by atoms with Crippen LogP contribution in [0.3, 0.4) is 0 Å². The molecule has 5 heteroatoms. The molecule has 0 saturated carbocycles. The maximum atomic E-state index is 12.2. The smallest absolute Gasteiger partial charge is 0.318 e. The van der Waals surface area contributed by atoms with Crippen LogP contribution in [0.25, 0.3) is 0 Å². The van der Waals surface area contributed by atoms with Gasteiger partial charge < -0.3 is 15.5 Å². The largest absolute Gasteiger partial charge is 0.352 e. The predicted molar refractivity (Wildman–Crippen MR) is 88.9 cm³/mol. The molecule has 122 valence electrons. The number of allylic oxidation sites excluding steroid dienone is 1. The van der Waals surface area contributed by atoms with Crippen LogP contribution < -0.4 is 10.6 Å². The lowest BCUT2D eigenvalue weighted by Gasteiger charge is -2.29. The third-order valence-electron chi connectivity index (χ3n) is 4.45. The van der Waals surface area contributed by atoms with E-state index in [4.69, 9.17) is 0 Å². The van der Waals surface area contributed by atoms with Crippen molar-refractivity contribution in [1.82, 2.24) is 15.5 Å². The zero-order chi connectivity index (χ0) is 16.1. The Balaban J connectivity index is 1.44. The Bertz CT molecular complexity index is 612. The number of carbonyl (C=O) groups excluding carboxylic acids is 2. The van der Waals surface area contributed by atoms with E-state index in [0.717, 1.165) is 25.7 Å². The van der Waals surface area contributed by atoms with Crippen LogP contribution in [0, 0.1) is 0 Å². The van der Waals surface area contributed by atoms with Gasteiger partial charge in [0.1, 0.15) is 0 Å². The number of fused-ring (bicyclic) bond motifs is 1. The first-order valence-corrected chi connectivity index (χ1v) is 8.26. The van der Waals surface area contributed by atoms with Gasteiger partial charge in [-0.25, -0.2) is 4.79 Å². The summed E-state index contributed by atoms with van der Waals surface area (Å²) in [7, 11) is 0. The quantitative estimate of drug-likeness (QED) is 0.838. The zero-order valence-electron chi connectivity index (χ0n) is 13.3. The minimum Gasteiger partial charge on any atom is -0.352 e. The molecule has 0 saturated heterocycles. The Labute approximate surface area is 136 Å². The second-order valence-corrected chi connectivity index (χ2v) is 6.15. The molecule has 1 aromatic carbocycles. The lowest BCUT2D eigenvalue weighted by atomic mass is 10.0. The number of urea groups is 1. The fraction of sp³-hybridized carbons (Fsp3) is 0.444. The summed E-state index contributed by atoms with van der Waals surface area (Å²) in [5, 5.41) is 5.70. The number of hydrogen-bond donors (Lipinski definition) is 2. The van der Waals surface area contributed by atoms with Gasteiger partial charge in [-0.2, -0.15) is 0 Å². The highest BCUT2D eigenvalue weighted by Crippen LogP contribution is 2.18. The molecule has 5 nitrogen and oxygen atoms in total. The first-order chi connectivity index (χ1) is 11.2. The van der Waals surface area contributed by atoms with Crippen LogP contribution in [-0.4, -0.2) is 36.0 Å². The number of benzene rings is 1. The Morgan fingerprint density at radius 2 is 2.00 bits per heavy atom. The molecule has 2 aliphatic rings. The molecule has 3 amide bonds. The second kappa shape index (κ2) is 7.31. The third kappa shape index (κ3) is 4.12. The molecule has 0 spiro atoms. The van der Waals surface area contributed by atoms with Gasteiger partial charge in [-0.1, -0.05) is 36.4 Å². The van der Waals surface area contributed by atoms with Crippen molar-refractivity contribution >= 4 is 11.9 Å². The van der Waals surface area contributed by atoms with Crippen LogP contribution in [-0.2, 0) is 17.8 Å². The SMILES string of the molecule is O=C(CNC(=O)N1CCc2ccccc2C1)NC1CC=CCC1. The Morgan fingerprint density at radius 3 is 2.78 bits per heavy atom. The molecule has 3 rings (SSSR count). The lowest BCUT2D eigenvalue weighted by molar-refractivity contribution is -0.120. The van der Waals surface area contributed by atoms with Crippen molar-refractivity contribution in [3.8, 4) is 0 Å². The molecular weight excluding hydrogens is 290 g/mol. The van der Waals surface area contributed by atoms with Crippen molar-refractivity contribution in [1.29, 1.82) is 0 Å². The van der Waals surface area contributed by atoms with E-state index in [-0.39, 0.29) is 24.5 Å². The number of rotatable bonds is 3. The van der Waals surface area contributed by atoms with E-state index in [1.165, 1.54) is 11.1 Å². The maximum Gasteiger partial charge on any atom is 0.318 e. The predicted octanol–water partition coefficient (Wildman–Crippen LogP) is 1.98. The van der Waals surface area contributed by atoms with Crippen molar-refractivity contribution in [2.75, 3.05) is 13.1 Å². The van der Waals surface area contributed by atoms with Gasteiger partial charge in [0.2, 0.25) is 5.91 Å². The van der Waals surface area contributed by atoms with Gasteiger partial charge in [0.15, 0.2) is 0 Å². The van der Waals surface area contributed by atoms with Gasteiger partial charge in [0.25, 0.3) is 0 Å². The lowest BCUT2D eigenvalue weighted by Crippen LogP contribution is -2.47. The van der Waals surface area contributed by atoms with E-state index in [0.29, 0.717) is 13.1 Å². The highest BCUT2D eigenvalue weighted by Gasteiger charge is 2.21. The monoisotopic (exact) mass is 313 g/mol. The topological polar surface area (TPSA) is 61.4 Å². The Kier molecular flexibility index (Phi) is 4.95. The van der Waals surface area contributed by atoms with E-state index < -0.39 is 0 Å². The van der Waals surface area contributed by atoms with Crippen molar-refractivity contribution in [2.45, 2.75) is 38.3 Å². The number of nitrogens with one attached hydrogen (secondary N) is 2. The van der Waals surface area contributed by atoms with Gasteiger partial charge in [0.05, 0.1) is 6.54 Å². The molecule has 1 aliphatic carbocycles. The number of carbonyl (C=O) groups is 2. The molecule has 0 bridgehead atoms. The zero-order valence-corrected chi connectivity index (χ0v) is 13.3. The van der Waals surface area contributed by atoms with Crippen LogP contribution in [0.2, 0.25) is 0 Å².